The van der Waals surface area contributed by atoms with Crippen LogP contribution in [-0.2, 0) is 16.1 Å². The van der Waals surface area contributed by atoms with E-state index in [-0.39, 0.29) is 6.54 Å². The number of nitrogens with zero attached hydrogens (tertiary/aromatic N) is 1. The van der Waals surface area contributed by atoms with E-state index in [9.17, 15) is 9.59 Å². The van der Waals surface area contributed by atoms with Crippen molar-refractivity contribution in [3.8, 4) is 0 Å². The second-order valence-electron chi connectivity index (χ2n) is 4.88. The van der Waals surface area contributed by atoms with Gasteiger partial charge in [-0.05, 0) is 38.8 Å². The summed E-state index contributed by atoms with van der Waals surface area (Å²) in [6, 6.07) is 0. The molecule has 0 spiro atoms. The molecule has 0 aliphatic rings. The first-order chi connectivity index (χ1) is 7.83. The van der Waals surface area contributed by atoms with Gasteiger partial charge in [0.1, 0.15) is 5.60 Å². The quantitative estimate of drug-likeness (QED) is 0.821. The van der Waals surface area contributed by atoms with E-state index in [1.165, 1.54) is 0 Å². The normalized spacial score (nSPS) is 11.1. The van der Waals surface area contributed by atoms with E-state index in [0.29, 0.717) is 6.41 Å². The molecule has 0 aliphatic carbocycles. The van der Waals surface area contributed by atoms with Crippen molar-refractivity contribution in [2.45, 2.75) is 39.8 Å². The number of ether oxygens (including phenoxy) is 1. The van der Waals surface area contributed by atoms with Crippen LogP contribution in [0.3, 0.4) is 0 Å². The van der Waals surface area contributed by atoms with Crippen molar-refractivity contribution in [3.63, 3.8) is 0 Å². The summed E-state index contributed by atoms with van der Waals surface area (Å²) in [5, 5.41) is 0. The highest BCUT2D eigenvalue weighted by Gasteiger charge is 2.22. The molecule has 1 N–H and O–H groups in total. The van der Waals surface area contributed by atoms with Crippen LogP contribution in [0.4, 0.5) is 4.79 Å². The van der Waals surface area contributed by atoms with Crippen LogP contribution in [0.1, 0.15) is 31.9 Å². The topological polar surface area (TPSA) is 62.4 Å². The smallest absolute Gasteiger partial charge is 0.417 e. The molecule has 0 fully saturated rings. The van der Waals surface area contributed by atoms with E-state index in [0.717, 1.165) is 16.0 Å². The van der Waals surface area contributed by atoms with Crippen molar-refractivity contribution in [2.24, 2.45) is 0 Å². The van der Waals surface area contributed by atoms with Gasteiger partial charge in [0.2, 0.25) is 6.41 Å². The molecule has 1 rings (SSSR count). The molecule has 0 radical (unpaired) electrons. The molecule has 0 saturated heterocycles. The van der Waals surface area contributed by atoms with Crippen LogP contribution in [-0.4, -0.2) is 28.0 Å². The van der Waals surface area contributed by atoms with Crippen LogP contribution in [0.2, 0.25) is 0 Å². The summed E-state index contributed by atoms with van der Waals surface area (Å²) in [6.07, 6.45) is 3.43. The number of carbonyl (C=O) groups is 2. The van der Waals surface area contributed by atoms with E-state index < -0.39 is 11.7 Å². The van der Waals surface area contributed by atoms with Gasteiger partial charge in [0.15, 0.2) is 0 Å². The molecular weight excluding hydrogens is 220 g/mol. The predicted octanol–water partition coefficient (Wildman–Crippen LogP) is 2.22. The fraction of sp³-hybridized carbons (Fsp3) is 0.500. The zero-order valence-corrected chi connectivity index (χ0v) is 10.6. The van der Waals surface area contributed by atoms with E-state index in [4.69, 9.17) is 4.74 Å². The molecule has 2 amide bonds. The van der Waals surface area contributed by atoms with Gasteiger partial charge < -0.3 is 9.72 Å². The second kappa shape index (κ2) is 5.03. The van der Waals surface area contributed by atoms with Gasteiger partial charge >= 0.3 is 6.09 Å². The largest absolute Gasteiger partial charge is 0.443 e. The number of amides is 2. The molecule has 0 saturated carbocycles. The number of H-pyrrole nitrogens is 1. The van der Waals surface area contributed by atoms with Gasteiger partial charge in [-0.1, -0.05) is 0 Å². The average molecular weight is 238 g/mol. The molecular formula is C12H18N2O3. The fourth-order valence-electron chi connectivity index (χ4n) is 1.29. The van der Waals surface area contributed by atoms with Crippen LogP contribution in [0.25, 0.3) is 0 Å². The minimum atomic E-state index is -0.631. The number of carbonyl (C=O) groups excluding carboxylic acids is 2. The second-order valence-corrected chi connectivity index (χ2v) is 4.88. The standard InChI is InChI=1S/C12H18N2O3/c1-9-5-13-6-10(9)7-14(8-15)11(16)17-12(2,3)4/h5-6,8,13H,7H2,1-4H3. The molecule has 0 aliphatic heterocycles. The lowest BCUT2D eigenvalue weighted by molar-refractivity contribution is -0.118. The van der Waals surface area contributed by atoms with Gasteiger partial charge in [-0.15, -0.1) is 0 Å². The first-order valence-corrected chi connectivity index (χ1v) is 5.40. The molecule has 17 heavy (non-hydrogen) atoms. The minimum Gasteiger partial charge on any atom is -0.443 e. The SMILES string of the molecule is Cc1c[nH]cc1CN(C=O)C(=O)OC(C)(C)C. The molecule has 0 aromatic carbocycles. The van der Waals surface area contributed by atoms with Gasteiger partial charge in [-0.2, -0.15) is 0 Å². The number of aryl methyl sites for hydroxylation is 1. The fourth-order valence-corrected chi connectivity index (χ4v) is 1.29. The Morgan fingerprint density at radius 2 is 2.12 bits per heavy atom. The summed E-state index contributed by atoms with van der Waals surface area (Å²) in [6.45, 7) is 7.40. The highest BCUT2D eigenvalue weighted by atomic mass is 16.6. The Labute approximate surface area is 101 Å². The van der Waals surface area contributed by atoms with Crippen LogP contribution >= 0.6 is 0 Å². The number of nitrogens with one attached hydrogen (secondary N) is 1. The number of hydrogen-bond acceptors (Lipinski definition) is 3. The van der Waals surface area contributed by atoms with Gasteiger partial charge in [0.05, 0.1) is 6.54 Å². The van der Waals surface area contributed by atoms with Crippen LogP contribution in [0.15, 0.2) is 12.4 Å². The minimum absolute atomic E-state index is 0.216. The Morgan fingerprint density at radius 3 is 2.53 bits per heavy atom. The summed E-state index contributed by atoms with van der Waals surface area (Å²) < 4.78 is 5.12. The predicted molar refractivity (Wildman–Crippen MR) is 63.4 cm³/mol. The first-order valence-electron chi connectivity index (χ1n) is 5.40. The van der Waals surface area contributed by atoms with Crippen LogP contribution in [0, 0.1) is 6.92 Å². The van der Waals surface area contributed by atoms with E-state index in [2.05, 4.69) is 4.98 Å². The molecule has 5 heteroatoms. The molecule has 5 nitrogen and oxygen atoms in total. The number of hydrogen-bond donors (Lipinski definition) is 1. The van der Waals surface area contributed by atoms with Gasteiger partial charge in [-0.25, -0.2) is 9.69 Å². The Morgan fingerprint density at radius 1 is 1.47 bits per heavy atom. The van der Waals surface area contributed by atoms with Crippen LogP contribution < -0.4 is 0 Å². The molecule has 1 aromatic rings. The zero-order valence-electron chi connectivity index (χ0n) is 10.6. The summed E-state index contributed by atoms with van der Waals surface area (Å²) in [5.74, 6) is 0. The Bertz CT molecular complexity index is 404. The van der Waals surface area contributed by atoms with Crippen LogP contribution in [0.5, 0.6) is 0 Å². The molecule has 1 aromatic heterocycles. The third kappa shape index (κ3) is 3.94. The number of aromatic amines is 1. The third-order valence-electron chi connectivity index (χ3n) is 2.16. The number of aromatic nitrogens is 1. The molecule has 1 heterocycles. The maximum atomic E-state index is 11.7. The molecule has 0 atom stereocenters. The van der Waals surface area contributed by atoms with E-state index in [1.807, 2.05) is 13.1 Å². The first kappa shape index (κ1) is 13.3. The number of imide groups is 1. The van der Waals surface area contributed by atoms with Crippen molar-refractivity contribution in [2.75, 3.05) is 0 Å². The highest BCUT2D eigenvalue weighted by molar-refractivity contribution is 5.80. The lowest BCUT2D eigenvalue weighted by Crippen LogP contribution is -2.35. The molecule has 94 valence electrons. The third-order valence-corrected chi connectivity index (χ3v) is 2.16. The molecule has 0 unspecified atom stereocenters. The highest BCUT2D eigenvalue weighted by Crippen LogP contribution is 2.13. The van der Waals surface area contributed by atoms with Crippen molar-refractivity contribution >= 4 is 12.5 Å². The maximum Gasteiger partial charge on any atom is 0.417 e. The zero-order chi connectivity index (χ0) is 13.1. The lowest BCUT2D eigenvalue weighted by Gasteiger charge is -2.23. The average Bonchev–Trinajstić information content (AvgIpc) is 2.57. The van der Waals surface area contributed by atoms with E-state index >= 15 is 0 Å². The van der Waals surface area contributed by atoms with Crippen molar-refractivity contribution in [3.05, 3.63) is 23.5 Å². The Balaban J connectivity index is 2.70. The number of rotatable bonds is 3. The summed E-state index contributed by atoms with van der Waals surface area (Å²) in [7, 11) is 0. The van der Waals surface area contributed by atoms with Gasteiger partial charge in [-0.3, -0.25) is 4.79 Å². The monoisotopic (exact) mass is 238 g/mol. The Kier molecular flexibility index (Phi) is 3.93. The molecule has 0 bridgehead atoms. The van der Waals surface area contributed by atoms with Gasteiger partial charge in [0.25, 0.3) is 0 Å². The Hall–Kier alpha value is -1.78. The van der Waals surface area contributed by atoms with Crippen molar-refractivity contribution in [1.29, 1.82) is 0 Å². The summed E-state index contributed by atoms with van der Waals surface area (Å²) >= 11 is 0. The maximum absolute atomic E-state index is 11.7. The van der Waals surface area contributed by atoms with Crippen molar-refractivity contribution < 1.29 is 14.3 Å². The van der Waals surface area contributed by atoms with Gasteiger partial charge in [0, 0.05) is 12.4 Å². The van der Waals surface area contributed by atoms with Crippen molar-refractivity contribution in [1.82, 2.24) is 9.88 Å². The summed E-state index contributed by atoms with van der Waals surface area (Å²) in [5.41, 5.74) is 1.29. The lowest BCUT2D eigenvalue weighted by atomic mass is 10.2. The van der Waals surface area contributed by atoms with E-state index in [1.54, 1.807) is 27.0 Å². The summed E-state index contributed by atoms with van der Waals surface area (Å²) in [4.78, 5) is 26.5.